The normalized spacial score (nSPS) is 19.5. The number of carboxylic acid groups (broad SMARTS) is 1. The van der Waals surface area contributed by atoms with Crippen molar-refractivity contribution in [1.82, 2.24) is 10.2 Å². The summed E-state index contributed by atoms with van der Waals surface area (Å²) in [4.78, 5) is 24.0. The third-order valence-corrected chi connectivity index (χ3v) is 3.31. The predicted molar refractivity (Wildman–Crippen MR) is 67.9 cm³/mol. The Morgan fingerprint density at radius 3 is 2.47 bits per heavy atom. The van der Waals surface area contributed by atoms with Crippen molar-refractivity contribution in [2.75, 3.05) is 26.8 Å². The van der Waals surface area contributed by atoms with E-state index in [2.05, 4.69) is 5.32 Å². The minimum Gasteiger partial charge on any atom is -0.480 e. The van der Waals surface area contributed by atoms with Crippen LogP contribution in [0.3, 0.4) is 0 Å². The summed E-state index contributed by atoms with van der Waals surface area (Å²) < 4.78 is 5.16. The Morgan fingerprint density at radius 2 is 2.00 bits per heavy atom. The minimum absolute atomic E-state index is 0.165. The van der Waals surface area contributed by atoms with Gasteiger partial charge in [0.05, 0.1) is 12.1 Å². The summed E-state index contributed by atoms with van der Waals surface area (Å²) in [5.41, 5.74) is -0.949. The molecular formula is C12H22N2O5. The Bertz CT molecular complexity index is 328. The summed E-state index contributed by atoms with van der Waals surface area (Å²) in [5.74, 6) is -1.06. The van der Waals surface area contributed by atoms with Crippen molar-refractivity contribution in [2.24, 2.45) is 0 Å². The maximum Gasteiger partial charge on any atom is 0.326 e. The molecule has 2 amide bonds. The van der Waals surface area contributed by atoms with Gasteiger partial charge in [0.15, 0.2) is 0 Å². The maximum absolute atomic E-state index is 11.8. The summed E-state index contributed by atoms with van der Waals surface area (Å²) in [6.45, 7) is 2.79. The highest BCUT2D eigenvalue weighted by molar-refractivity contribution is 5.82. The van der Waals surface area contributed by atoms with Crippen LogP contribution in [0.5, 0.6) is 0 Å². The van der Waals surface area contributed by atoms with Gasteiger partial charge in [-0.3, -0.25) is 0 Å². The topological polar surface area (TPSA) is 99.1 Å². The van der Waals surface area contributed by atoms with E-state index in [1.165, 1.54) is 11.9 Å². The van der Waals surface area contributed by atoms with Gasteiger partial charge in [0.2, 0.25) is 0 Å². The second-order valence-electron chi connectivity index (χ2n) is 4.94. The zero-order valence-corrected chi connectivity index (χ0v) is 11.4. The lowest BCUT2D eigenvalue weighted by atomic mass is 9.94. The van der Waals surface area contributed by atoms with Gasteiger partial charge >= 0.3 is 12.0 Å². The van der Waals surface area contributed by atoms with Gasteiger partial charge in [-0.05, 0) is 6.42 Å². The second kappa shape index (κ2) is 6.72. The van der Waals surface area contributed by atoms with Crippen molar-refractivity contribution in [3.63, 3.8) is 0 Å². The summed E-state index contributed by atoms with van der Waals surface area (Å²) in [5, 5.41) is 21.6. The van der Waals surface area contributed by atoms with Gasteiger partial charge in [-0.25, -0.2) is 9.59 Å². The first kappa shape index (κ1) is 15.7. The fourth-order valence-corrected chi connectivity index (χ4v) is 2.02. The lowest BCUT2D eigenvalue weighted by Gasteiger charge is -2.35. The number of likely N-dealkylation sites (N-methyl/N-ethyl adjacent to an activating group) is 1. The van der Waals surface area contributed by atoms with Gasteiger partial charge in [0.25, 0.3) is 0 Å². The number of aliphatic hydroxyl groups is 1. The Morgan fingerprint density at radius 1 is 1.42 bits per heavy atom. The van der Waals surface area contributed by atoms with E-state index in [9.17, 15) is 14.7 Å². The highest BCUT2D eigenvalue weighted by atomic mass is 16.5. The molecule has 1 rings (SSSR count). The molecule has 0 unspecified atom stereocenters. The minimum atomic E-state index is -1.06. The molecule has 0 spiro atoms. The van der Waals surface area contributed by atoms with Crippen molar-refractivity contribution in [3.8, 4) is 0 Å². The Kier molecular flexibility index (Phi) is 5.56. The standard InChI is InChI=1S/C12H22N2O5/c1-3-9(10(15)16)13-11(17)14(2)8-12(18)4-6-19-7-5-12/h9,18H,3-8H2,1-2H3,(H,13,17)(H,15,16)/t9-/m1/s1. The number of nitrogens with zero attached hydrogens (tertiary/aromatic N) is 1. The van der Waals surface area contributed by atoms with Crippen LogP contribution in [0.2, 0.25) is 0 Å². The van der Waals surface area contributed by atoms with Crippen molar-refractivity contribution in [1.29, 1.82) is 0 Å². The molecule has 3 N–H and O–H groups in total. The predicted octanol–water partition coefficient (Wildman–Crippen LogP) is 0.0325. The zero-order chi connectivity index (χ0) is 14.5. The number of rotatable bonds is 5. The lowest BCUT2D eigenvalue weighted by Crippen LogP contribution is -2.52. The molecule has 7 nitrogen and oxygen atoms in total. The van der Waals surface area contributed by atoms with E-state index >= 15 is 0 Å². The fraction of sp³-hybridized carbons (Fsp3) is 0.833. The van der Waals surface area contributed by atoms with Gasteiger partial charge in [-0.15, -0.1) is 0 Å². The third-order valence-electron chi connectivity index (χ3n) is 3.31. The molecular weight excluding hydrogens is 252 g/mol. The smallest absolute Gasteiger partial charge is 0.326 e. The van der Waals surface area contributed by atoms with Gasteiger partial charge < -0.3 is 25.2 Å². The first-order valence-electron chi connectivity index (χ1n) is 6.42. The Labute approximate surface area is 112 Å². The van der Waals surface area contributed by atoms with E-state index in [4.69, 9.17) is 9.84 Å². The number of aliphatic carboxylic acids is 1. The second-order valence-corrected chi connectivity index (χ2v) is 4.94. The molecule has 1 fully saturated rings. The number of amides is 2. The highest BCUT2D eigenvalue weighted by Gasteiger charge is 2.33. The maximum atomic E-state index is 11.8. The quantitative estimate of drug-likeness (QED) is 0.657. The molecule has 110 valence electrons. The van der Waals surface area contributed by atoms with Crippen LogP contribution in [0.1, 0.15) is 26.2 Å². The summed E-state index contributed by atoms with van der Waals surface area (Å²) >= 11 is 0. The van der Waals surface area contributed by atoms with E-state index in [0.29, 0.717) is 32.5 Å². The summed E-state index contributed by atoms with van der Waals surface area (Å²) in [6, 6.07) is -1.39. The van der Waals surface area contributed by atoms with Crippen LogP contribution in [0, 0.1) is 0 Å². The number of carbonyl (C=O) groups is 2. The number of carbonyl (C=O) groups excluding carboxylic acids is 1. The largest absolute Gasteiger partial charge is 0.480 e. The monoisotopic (exact) mass is 274 g/mol. The highest BCUT2D eigenvalue weighted by Crippen LogP contribution is 2.21. The van der Waals surface area contributed by atoms with Crippen LogP contribution in [-0.4, -0.2) is 65.6 Å². The Hall–Kier alpha value is -1.34. The zero-order valence-electron chi connectivity index (χ0n) is 11.4. The van der Waals surface area contributed by atoms with Crippen LogP contribution < -0.4 is 5.32 Å². The molecule has 19 heavy (non-hydrogen) atoms. The van der Waals surface area contributed by atoms with E-state index in [1.54, 1.807) is 6.92 Å². The molecule has 0 bridgehead atoms. The lowest BCUT2D eigenvalue weighted by molar-refractivity contribution is -0.139. The Balaban J connectivity index is 2.50. The van der Waals surface area contributed by atoms with Gasteiger partial charge in [-0.2, -0.15) is 0 Å². The summed E-state index contributed by atoms with van der Waals surface area (Å²) in [6.07, 6.45) is 1.26. The molecule has 1 heterocycles. The van der Waals surface area contributed by atoms with E-state index in [1.807, 2.05) is 0 Å². The first-order valence-corrected chi connectivity index (χ1v) is 6.42. The number of carboxylic acids is 1. The molecule has 1 saturated heterocycles. The molecule has 1 atom stereocenters. The van der Waals surface area contributed by atoms with E-state index in [0.717, 1.165) is 0 Å². The van der Waals surface area contributed by atoms with Crippen molar-refractivity contribution >= 4 is 12.0 Å². The van der Waals surface area contributed by atoms with Crippen LogP contribution in [-0.2, 0) is 9.53 Å². The van der Waals surface area contributed by atoms with Crippen molar-refractivity contribution in [2.45, 2.75) is 37.8 Å². The molecule has 0 aromatic rings. The number of ether oxygens (including phenoxy) is 1. The molecule has 0 aliphatic carbocycles. The number of nitrogens with one attached hydrogen (secondary N) is 1. The average molecular weight is 274 g/mol. The molecule has 0 radical (unpaired) electrons. The van der Waals surface area contributed by atoms with Crippen molar-refractivity contribution in [3.05, 3.63) is 0 Å². The third kappa shape index (κ3) is 4.68. The van der Waals surface area contributed by atoms with E-state index in [-0.39, 0.29) is 6.54 Å². The van der Waals surface area contributed by atoms with Crippen LogP contribution in [0.15, 0.2) is 0 Å². The van der Waals surface area contributed by atoms with Crippen molar-refractivity contribution < 1.29 is 24.5 Å². The van der Waals surface area contributed by atoms with Gasteiger partial charge in [-0.1, -0.05) is 6.92 Å². The van der Waals surface area contributed by atoms with Crippen LogP contribution in [0.4, 0.5) is 4.79 Å². The molecule has 0 saturated carbocycles. The molecule has 1 aliphatic rings. The summed E-state index contributed by atoms with van der Waals surface area (Å²) in [7, 11) is 1.54. The average Bonchev–Trinajstić information content (AvgIpc) is 2.35. The van der Waals surface area contributed by atoms with Gasteiger partial charge in [0, 0.05) is 33.1 Å². The number of hydrogen-bond donors (Lipinski definition) is 3. The molecule has 0 aromatic carbocycles. The first-order chi connectivity index (χ1) is 8.88. The van der Waals surface area contributed by atoms with Crippen LogP contribution in [0.25, 0.3) is 0 Å². The molecule has 1 aliphatic heterocycles. The molecule has 0 aromatic heterocycles. The SMILES string of the molecule is CC[C@@H](NC(=O)N(C)CC1(O)CCOCC1)C(=O)O. The number of hydrogen-bond acceptors (Lipinski definition) is 4. The number of urea groups is 1. The van der Waals surface area contributed by atoms with Gasteiger partial charge in [0.1, 0.15) is 6.04 Å². The molecule has 7 heteroatoms. The fourth-order valence-electron chi connectivity index (χ4n) is 2.02. The van der Waals surface area contributed by atoms with E-state index < -0.39 is 23.6 Å². The van der Waals surface area contributed by atoms with Crippen LogP contribution >= 0.6 is 0 Å².